The number of allylic oxidation sites excluding steroid dienone is 3. The van der Waals surface area contributed by atoms with Crippen LogP contribution in [0.25, 0.3) is 0 Å². The summed E-state index contributed by atoms with van der Waals surface area (Å²) in [6.45, 7) is 4.21. The van der Waals surface area contributed by atoms with Gasteiger partial charge in [-0.1, -0.05) is 26.0 Å². The van der Waals surface area contributed by atoms with E-state index in [1.807, 2.05) is 0 Å². The molecule has 0 fully saturated rings. The Bertz CT molecular complexity index is 112. The summed E-state index contributed by atoms with van der Waals surface area (Å²) in [5.41, 5.74) is 6.52. The molecule has 0 aliphatic heterocycles. The highest BCUT2D eigenvalue weighted by Gasteiger charge is 1.81. The van der Waals surface area contributed by atoms with Crippen molar-refractivity contribution in [3.05, 3.63) is 23.9 Å². The van der Waals surface area contributed by atoms with E-state index < -0.39 is 0 Å². The zero-order valence-corrected chi connectivity index (χ0v) is 6.22. The van der Waals surface area contributed by atoms with Crippen molar-refractivity contribution in [1.29, 1.82) is 0 Å². The predicted molar refractivity (Wildman–Crippen MR) is 42.0 cm³/mol. The van der Waals surface area contributed by atoms with Gasteiger partial charge in [-0.15, -0.1) is 0 Å². The topological polar surface area (TPSA) is 26.0 Å². The van der Waals surface area contributed by atoms with Gasteiger partial charge in [-0.2, -0.15) is 0 Å². The van der Waals surface area contributed by atoms with E-state index in [1.54, 1.807) is 6.20 Å². The SMILES string of the molecule is CC/C=C\C(=C/N)CC. The minimum absolute atomic E-state index is 1.02. The molecular formula is C8H15N. The van der Waals surface area contributed by atoms with Crippen LogP contribution in [0.15, 0.2) is 23.9 Å². The van der Waals surface area contributed by atoms with E-state index in [9.17, 15) is 0 Å². The minimum atomic E-state index is 1.02. The van der Waals surface area contributed by atoms with Crippen molar-refractivity contribution < 1.29 is 0 Å². The molecule has 0 aromatic heterocycles. The average molecular weight is 125 g/mol. The highest BCUT2D eigenvalue weighted by Crippen LogP contribution is 1.99. The first-order valence-corrected chi connectivity index (χ1v) is 3.42. The Morgan fingerprint density at radius 2 is 2.11 bits per heavy atom. The highest BCUT2D eigenvalue weighted by atomic mass is 14.5. The fourth-order valence-corrected chi connectivity index (χ4v) is 0.560. The van der Waals surface area contributed by atoms with Gasteiger partial charge in [-0.3, -0.25) is 0 Å². The Labute approximate surface area is 57.3 Å². The van der Waals surface area contributed by atoms with Gasteiger partial charge in [0, 0.05) is 0 Å². The van der Waals surface area contributed by atoms with Crippen LogP contribution in [-0.4, -0.2) is 0 Å². The molecule has 0 bridgehead atoms. The first kappa shape index (κ1) is 8.28. The van der Waals surface area contributed by atoms with Crippen LogP contribution in [0.3, 0.4) is 0 Å². The molecule has 2 N–H and O–H groups in total. The molecule has 0 aromatic rings. The molecule has 0 aromatic carbocycles. The van der Waals surface area contributed by atoms with Gasteiger partial charge in [-0.25, -0.2) is 0 Å². The first-order chi connectivity index (χ1) is 4.35. The lowest BCUT2D eigenvalue weighted by molar-refractivity contribution is 1.12. The molecule has 0 unspecified atom stereocenters. The minimum Gasteiger partial charge on any atom is -0.404 e. The predicted octanol–water partition coefficient (Wildman–Crippen LogP) is 2.21. The maximum Gasteiger partial charge on any atom is -0.00299 e. The normalized spacial score (nSPS) is 12.9. The van der Waals surface area contributed by atoms with Crippen LogP contribution in [0.5, 0.6) is 0 Å². The van der Waals surface area contributed by atoms with Crippen LogP contribution in [-0.2, 0) is 0 Å². The average Bonchev–Trinajstić information content (AvgIpc) is 1.91. The van der Waals surface area contributed by atoms with E-state index in [4.69, 9.17) is 5.73 Å². The largest absolute Gasteiger partial charge is 0.404 e. The summed E-state index contributed by atoms with van der Waals surface area (Å²) in [4.78, 5) is 0. The molecule has 0 aliphatic rings. The van der Waals surface area contributed by atoms with Gasteiger partial charge >= 0.3 is 0 Å². The van der Waals surface area contributed by atoms with Crippen molar-refractivity contribution in [3.8, 4) is 0 Å². The third kappa shape index (κ3) is 3.83. The van der Waals surface area contributed by atoms with Gasteiger partial charge < -0.3 is 5.73 Å². The molecule has 0 atom stereocenters. The Morgan fingerprint density at radius 3 is 2.44 bits per heavy atom. The second kappa shape index (κ2) is 5.42. The van der Waals surface area contributed by atoms with Gasteiger partial charge in [0.05, 0.1) is 0 Å². The zero-order valence-electron chi connectivity index (χ0n) is 6.22. The molecular weight excluding hydrogens is 110 g/mol. The summed E-state index contributed by atoms with van der Waals surface area (Å²) in [6.07, 6.45) is 7.94. The van der Waals surface area contributed by atoms with Crippen molar-refractivity contribution in [1.82, 2.24) is 0 Å². The molecule has 0 aliphatic carbocycles. The standard InChI is InChI=1S/C8H15N/c1-3-5-6-8(4-2)7-9/h5-7H,3-4,9H2,1-2H3/b6-5-,8-7-. The van der Waals surface area contributed by atoms with E-state index in [2.05, 4.69) is 26.0 Å². The summed E-state index contributed by atoms with van der Waals surface area (Å²) < 4.78 is 0. The zero-order chi connectivity index (χ0) is 7.11. The van der Waals surface area contributed by atoms with Gasteiger partial charge in [0.15, 0.2) is 0 Å². The van der Waals surface area contributed by atoms with Gasteiger partial charge in [0.2, 0.25) is 0 Å². The van der Waals surface area contributed by atoms with Crippen LogP contribution in [0.1, 0.15) is 26.7 Å². The van der Waals surface area contributed by atoms with Crippen LogP contribution in [0, 0.1) is 0 Å². The fourth-order valence-electron chi connectivity index (χ4n) is 0.560. The second-order valence-corrected chi connectivity index (χ2v) is 1.91. The number of rotatable bonds is 3. The van der Waals surface area contributed by atoms with E-state index >= 15 is 0 Å². The van der Waals surface area contributed by atoms with Crippen LogP contribution in [0.4, 0.5) is 0 Å². The van der Waals surface area contributed by atoms with Crippen molar-refractivity contribution in [2.75, 3.05) is 0 Å². The Balaban J connectivity index is 3.70. The first-order valence-electron chi connectivity index (χ1n) is 3.42. The van der Waals surface area contributed by atoms with Crippen molar-refractivity contribution in [3.63, 3.8) is 0 Å². The summed E-state index contributed by atoms with van der Waals surface area (Å²) in [5.74, 6) is 0. The maximum absolute atomic E-state index is 5.31. The van der Waals surface area contributed by atoms with E-state index in [-0.39, 0.29) is 0 Å². The lowest BCUT2D eigenvalue weighted by Gasteiger charge is -1.91. The smallest absolute Gasteiger partial charge is 0.00299 e. The summed E-state index contributed by atoms with van der Waals surface area (Å²) in [7, 11) is 0. The molecule has 0 saturated carbocycles. The second-order valence-electron chi connectivity index (χ2n) is 1.91. The van der Waals surface area contributed by atoms with Gasteiger partial charge in [0.1, 0.15) is 0 Å². The van der Waals surface area contributed by atoms with Crippen LogP contribution >= 0.6 is 0 Å². The van der Waals surface area contributed by atoms with Crippen molar-refractivity contribution in [2.45, 2.75) is 26.7 Å². The third-order valence-electron chi connectivity index (χ3n) is 1.19. The van der Waals surface area contributed by atoms with Crippen LogP contribution < -0.4 is 5.73 Å². The molecule has 1 nitrogen and oxygen atoms in total. The molecule has 0 saturated heterocycles. The molecule has 0 rings (SSSR count). The molecule has 0 heterocycles. The molecule has 0 spiro atoms. The maximum atomic E-state index is 5.31. The van der Waals surface area contributed by atoms with E-state index in [0.29, 0.717) is 0 Å². The molecule has 9 heavy (non-hydrogen) atoms. The lowest BCUT2D eigenvalue weighted by atomic mass is 10.2. The quantitative estimate of drug-likeness (QED) is 0.575. The van der Waals surface area contributed by atoms with Crippen LogP contribution in [0.2, 0.25) is 0 Å². The van der Waals surface area contributed by atoms with Crippen molar-refractivity contribution in [2.24, 2.45) is 5.73 Å². The number of nitrogens with two attached hydrogens (primary N) is 1. The molecule has 0 radical (unpaired) electrons. The monoisotopic (exact) mass is 125 g/mol. The Hall–Kier alpha value is -0.720. The Kier molecular flexibility index (Phi) is 4.98. The third-order valence-corrected chi connectivity index (χ3v) is 1.19. The highest BCUT2D eigenvalue weighted by molar-refractivity contribution is 5.16. The van der Waals surface area contributed by atoms with Crippen molar-refractivity contribution >= 4 is 0 Å². The summed E-state index contributed by atoms with van der Waals surface area (Å²) in [6, 6.07) is 0. The Morgan fingerprint density at radius 1 is 1.44 bits per heavy atom. The van der Waals surface area contributed by atoms with Gasteiger partial charge in [-0.05, 0) is 24.6 Å². The fraction of sp³-hybridized carbons (Fsp3) is 0.500. The molecule has 52 valence electrons. The molecule has 1 heteroatoms. The number of hydrogen-bond donors (Lipinski definition) is 1. The van der Waals surface area contributed by atoms with Gasteiger partial charge in [0.25, 0.3) is 0 Å². The van der Waals surface area contributed by atoms with E-state index in [0.717, 1.165) is 12.8 Å². The number of hydrogen-bond acceptors (Lipinski definition) is 1. The van der Waals surface area contributed by atoms with E-state index in [1.165, 1.54) is 5.57 Å². The summed E-state index contributed by atoms with van der Waals surface area (Å²) in [5, 5.41) is 0. The lowest BCUT2D eigenvalue weighted by Crippen LogP contribution is -1.83. The molecule has 0 amide bonds. The summed E-state index contributed by atoms with van der Waals surface area (Å²) >= 11 is 0.